The minimum absolute atomic E-state index is 0.0687. The smallest absolute Gasteiger partial charge is 0.234 e. The summed E-state index contributed by atoms with van der Waals surface area (Å²) in [6.45, 7) is 10.6. The Morgan fingerprint density at radius 2 is 2.13 bits per heavy atom. The molecule has 0 aliphatic carbocycles. The molecule has 1 fully saturated rings. The zero-order chi connectivity index (χ0) is 16.7. The topological polar surface area (TPSA) is 44.8 Å². The van der Waals surface area contributed by atoms with Crippen molar-refractivity contribution in [3.63, 3.8) is 0 Å². The van der Waals surface area contributed by atoms with Gasteiger partial charge in [0.2, 0.25) is 5.91 Å². The van der Waals surface area contributed by atoms with Crippen LogP contribution >= 0.6 is 0 Å². The summed E-state index contributed by atoms with van der Waals surface area (Å²) in [5.74, 6) is 0.964. The van der Waals surface area contributed by atoms with E-state index in [0.717, 1.165) is 31.9 Å². The molecule has 0 saturated carbocycles. The van der Waals surface area contributed by atoms with Gasteiger partial charge in [0.1, 0.15) is 5.75 Å². The first-order chi connectivity index (χ1) is 11.1. The summed E-state index contributed by atoms with van der Waals surface area (Å²) in [5, 5.41) is 2.83. The summed E-state index contributed by atoms with van der Waals surface area (Å²) in [4.78, 5) is 16.4. The standard InChI is InChI=1S/C18H27N3O2/c1-4-8-19-18(22)14-20-9-11-21(12-10-20)15(2)16-6-5-7-17(13-16)23-3/h4-7,13,15H,1,8-12,14H2,2-3H3,(H,19,22)/t15-/m1/s1. The van der Waals surface area contributed by atoms with Crippen LogP contribution < -0.4 is 10.1 Å². The normalized spacial score (nSPS) is 17.5. The maximum Gasteiger partial charge on any atom is 0.234 e. The average molecular weight is 317 g/mol. The molecular formula is C18H27N3O2. The molecule has 2 rings (SSSR count). The van der Waals surface area contributed by atoms with E-state index in [0.29, 0.717) is 19.1 Å². The third kappa shape index (κ3) is 5.08. The summed E-state index contributed by atoms with van der Waals surface area (Å²) in [6, 6.07) is 8.59. The van der Waals surface area contributed by atoms with E-state index in [1.54, 1.807) is 13.2 Å². The van der Waals surface area contributed by atoms with E-state index in [9.17, 15) is 4.79 Å². The van der Waals surface area contributed by atoms with Crippen LogP contribution in [0.15, 0.2) is 36.9 Å². The van der Waals surface area contributed by atoms with Crippen molar-refractivity contribution >= 4 is 5.91 Å². The second-order valence-electron chi connectivity index (χ2n) is 5.86. The zero-order valence-electron chi connectivity index (χ0n) is 14.1. The van der Waals surface area contributed by atoms with E-state index in [-0.39, 0.29) is 5.91 Å². The third-order valence-electron chi connectivity index (χ3n) is 4.34. The number of benzene rings is 1. The molecule has 0 unspecified atom stereocenters. The molecule has 1 aromatic carbocycles. The van der Waals surface area contributed by atoms with Gasteiger partial charge in [-0.15, -0.1) is 6.58 Å². The van der Waals surface area contributed by atoms with Crippen molar-refractivity contribution in [2.45, 2.75) is 13.0 Å². The summed E-state index contributed by atoms with van der Waals surface area (Å²) < 4.78 is 5.31. The molecule has 0 spiro atoms. The fraction of sp³-hybridized carbons (Fsp3) is 0.500. The molecule has 1 aromatic rings. The molecule has 5 nitrogen and oxygen atoms in total. The van der Waals surface area contributed by atoms with Crippen LogP contribution in [0, 0.1) is 0 Å². The number of rotatable bonds is 7. The van der Waals surface area contributed by atoms with Gasteiger partial charge in [-0.05, 0) is 24.6 Å². The second-order valence-corrected chi connectivity index (χ2v) is 5.86. The molecule has 1 N–H and O–H groups in total. The van der Waals surface area contributed by atoms with Gasteiger partial charge in [-0.1, -0.05) is 18.2 Å². The van der Waals surface area contributed by atoms with Crippen LogP contribution in [0.3, 0.4) is 0 Å². The van der Waals surface area contributed by atoms with Crippen molar-refractivity contribution in [3.8, 4) is 5.75 Å². The molecule has 1 saturated heterocycles. The van der Waals surface area contributed by atoms with Crippen LogP contribution in [0.2, 0.25) is 0 Å². The van der Waals surface area contributed by atoms with Gasteiger partial charge in [0.25, 0.3) is 0 Å². The van der Waals surface area contributed by atoms with Gasteiger partial charge >= 0.3 is 0 Å². The fourth-order valence-corrected chi connectivity index (χ4v) is 2.87. The lowest BCUT2D eigenvalue weighted by molar-refractivity contribution is -0.122. The van der Waals surface area contributed by atoms with E-state index >= 15 is 0 Å². The first kappa shape index (κ1) is 17.5. The van der Waals surface area contributed by atoms with E-state index in [1.807, 2.05) is 12.1 Å². The van der Waals surface area contributed by atoms with Crippen LogP contribution in [0.25, 0.3) is 0 Å². The van der Waals surface area contributed by atoms with E-state index in [1.165, 1.54) is 5.56 Å². The van der Waals surface area contributed by atoms with Crippen molar-refractivity contribution in [1.82, 2.24) is 15.1 Å². The van der Waals surface area contributed by atoms with E-state index in [2.05, 4.69) is 40.8 Å². The first-order valence-corrected chi connectivity index (χ1v) is 8.12. The number of piperazine rings is 1. The molecule has 0 radical (unpaired) electrons. The highest BCUT2D eigenvalue weighted by Gasteiger charge is 2.23. The van der Waals surface area contributed by atoms with Crippen molar-refractivity contribution in [1.29, 1.82) is 0 Å². The number of amides is 1. The number of carbonyl (C=O) groups is 1. The number of nitrogens with one attached hydrogen (secondary N) is 1. The minimum atomic E-state index is 0.0687. The quantitative estimate of drug-likeness (QED) is 0.777. The van der Waals surface area contributed by atoms with Crippen LogP contribution in [0.4, 0.5) is 0 Å². The maximum absolute atomic E-state index is 11.7. The molecule has 0 aromatic heterocycles. The largest absolute Gasteiger partial charge is 0.497 e. The monoisotopic (exact) mass is 317 g/mol. The van der Waals surface area contributed by atoms with Gasteiger partial charge in [0, 0.05) is 38.8 Å². The molecular weight excluding hydrogens is 290 g/mol. The zero-order valence-corrected chi connectivity index (χ0v) is 14.1. The van der Waals surface area contributed by atoms with Gasteiger partial charge < -0.3 is 10.1 Å². The maximum atomic E-state index is 11.7. The molecule has 5 heteroatoms. The second kappa shape index (κ2) is 8.70. The number of hydrogen-bond donors (Lipinski definition) is 1. The average Bonchev–Trinajstić information content (AvgIpc) is 2.60. The molecule has 0 bridgehead atoms. The predicted octanol–water partition coefficient (Wildman–Crippen LogP) is 1.68. The van der Waals surface area contributed by atoms with Crippen LogP contribution in [0.1, 0.15) is 18.5 Å². The Morgan fingerprint density at radius 1 is 1.39 bits per heavy atom. The molecule has 1 aliphatic heterocycles. The number of ether oxygens (including phenoxy) is 1. The SMILES string of the molecule is C=CCNC(=O)CN1CCN([C@H](C)c2cccc(OC)c2)CC1. The molecule has 126 valence electrons. The van der Waals surface area contributed by atoms with Gasteiger partial charge in [0.05, 0.1) is 13.7 Å². The van der Waals surface area contributed by atoms with Crippen molar-refractivity contribution in [2.75, 3.05) is 46.4 Å². The lowest BCUT2D eigenvalue weighted by Gasteiger charge is -2.38. The molecule has 1 aliphatic rings. The first-order valence-electron chi connectivity index (χ1n) is 8.12. The lowest BCUT2D eigenvalue weighted by Crippen LogP contribution is -2.49. The van der Waals surface area contributed by atoms with Crippen molar-refractivity contribution in [2.24, 2.45) is 0 Å². The Morgan fingerprint density at radius 3 is 2.78 bits per heavy atom. The Hall–Kier alpha value is -1.85. The van der Waals surface area contributed by atoms with Crippen LogP contribution in [-0.4, -0.2) is 62.1 Å². The molecule has 23 heavy (non-hydrogen) atoms. The van der Waals surface area contributed by atoms with Gasteiger partial charge in [-0.3, -0.25) is 14.6 Å². The number of methoxy groups -OCH3 is 1. The minimum Gasteiger partial charge on any atom is -0.497 e. The fourth-order valence-electron chi connectivity index (χ4n) is 2.87. The van der Waals surface area contributed by atoms with Crippen molar-refractivity contribution in [3.05, 3.63) is 42.5 Å². The Kier molecular flexibility index (Phi) is 6.62. The highest BCUT2D eigenvalue weighted by atomic mass is 16.5. The molecule has 1 amide bonds. The summed E-state index contributed by atoms with van der Waals surface area (Å²) in [5.41, 5.74) is 1.27. The number of nitrogens with zero attached hydrogens (tertiary/aromatic N) is 2. The highest BCUT2D eigenvalue weighted by Crippen LogP contribution is 2.24. The van der Waals surface area contributed by atoms with Gasteiger partial charge in [0.15, 0.2) is 0 Å². The summed E-state index contributed by atoms with van der Waals surface area (Å²) >= 11 is 0. The molecule has 1 atom stereocenters. The van der Waals surface area contributed by atoms with Gasteiger partial charge in [-0.25, -0.2) is 0 Å². The van der Waals surface area contributed by atoms with Crippen molar-refractivity contribution < 1.29 is 9.53 Å². The Bertz CT molecular complexity index is 525. The third-order valence-corrected chi connectivity index (χ3v) is 4.34. The Balaban J connectivity index is 1.83. The Labute approximate surface area is 138 Å². The number of hydrogen-bond acceptors (Lipinski definition) is 4. The molecule has 1 heterocycles. The van der Waals surface area contributed by atoms with E-state index in [4.69, 9.17) is 4.74 Å². The van der Waals surface area contributed by atoms with Crippen LogP contribution in [-0.2, 0) is 4.79 Å². The van der Waals surface area contributed by atoms with E-state index < -0.39 is 0 Å². The predicted molar refractivity (Wildman–Crippen MR) is 92.6 cm³/mol. The summed E-state index contributed by atoms with van der Waals surface area (Å²) in [7, 11) is 1.69. The highest BCUT2D eigenvalue weighted by molar-refractivity contribution is 5.78. The lowest BCUT2D eigenvalue weighted by atomic mass is 10.1. The summed E-state index contributed by atoms with van der Waals surface area (Å²) in [6.07, 6.45) is 1.70. The number of carbonyl (C=O) groups excluding carboxylic acids is 1. The van der Waals surface area contributed by atoms with Crippen LogP contribution in [0.5, 0.6) is 5.75 Å². The van der Waals surface area contributed by atoms with Gasteiger partial charge in [-0.2, -0.15) is 0 Å².